The van der Waals surface area contributed by atoms with Crippen molar-refractivity contribution in [3.8, 4) is 5.75 Å². The van der Waals surface area contributed by atoms with Gasteiger partial charge in [-0.15, -0.1) is 0 Å². The van der Waals surface area contributed by atoms with Gasteiger partial charge in [0.25, 0.3) is 0 Å². The van der Waals surface area contributed by atoms with E-state index in [9.17, 15) is 4.79 Å². The van der Waals surface area contributed by atoms with E-state index < -0.39 is 0 Å². The first-order chi connectivity index (χ1) is 8.26. The SMILES string of the molecule is COc1ccc([C@H]2CCCC[C@@H]2C=O)cc1C. The summed E-state index contributed by atoms with van der Waals surface area (Å²) < 4.78 is 5.27. The average molecular weight is 232 g/mol. The molecule has 1 aliphatic carbocycles. The van der Waals surface area contributed by atoms with Crippen molar-refractivity contribution in [2.24, 2.45) is 5.92 Å². The molecule has 2 rings (SSSR count). The molecule has 1 aromatic rings. The molecule has 1 saturated carbocycles. The van der Waals surface area contributed by atoms with Gasteiger partial charge in [-0.05, 0) is 42.9 Å². The number of ether oxygens (including phenoxy) is 1. The molecule has 0 saturated heterocycles. The Morgan fingerprint density at radius 2 is 2.06 bits per heavy atom. The monoisotopic (exact) mass is 232 g/mol. The lowest BCUT2D eigenvalue weighted by molar-refractivity contribution is -0.112. The van der Waals surface area contributed by atoms with Crippen molar-refractivity contribution in [1.82, 2.24) is 0 Å². The lowest BCUT2D eigenvalue weighted by Crippen LogP contribution is -2.19. The van der Waals surface area contributed by atoms with Crippen LogP contribution in [-0.4, -0.2) is 13.4 Å². The molecule has 0 amide bonds. The maximum atomic E-state index is 11.1. The second kappa shape index (κ2) is 5.35. The highest BCUT2D eigenvalue weighted by molar-refractivity contribution is 5.56. The van der Waals surface area contributed by atoms with Gasteiger partial charge in [-0.1, -0.05) is 25.0 Å². The van der Waals surface area contributed by atoms with Crippen LogP contribution in [0, 0.1) is 12.8 Å². The number of benzene rings is 1. The Labute approximate surface area is 103 Å². The molecule has 0 heterocycles. The first-order valence-corrected chi connectivity index (χ1v) is 6.36. The first kappa shape index (κ1) is 12.2. The summed E-state index contributed by atoms with van der Waals surface area (Å²) >= 11 is 0. The molecule has 0 radical (unpaired) electrons. The van der Waals surface area contributed by atoms with Crippen molar-refractivity contribution in [2.45, 2.75) is 38.5 Å². The molecule has 17 heavy (non-hydrogen) atoms. The Balaban J connectivity index is 2.26. The van der Waals surface area contributed by atoms with Gasteiger partial charge in [0.05, 0.1) is 7.11 Å². The van der Waals surface area contributed by atoms with E-state index in [1.54, 1.807) is 7.11 Å². The van der Waals surface area contributed by atoms with Crippen LogP contribution in [-0.2, 0) is 4.79 Å². The van der Waals surface area contributed by atoms with E-state index in [-0.39, 0.29) is 5.92 Å². The second-order valence-electron chi connectivity index (χ2n) is 4.92. The lowest BCUT2D eigenvalue weighted by Gasteiger charge is -2.28. The molecule has 92 valence electrons. The van der Waals surface area contributed by atoms with Crippen molar-refractivity contribution in [3.05, 3.63) is 29.3 Å². The third-order valence-electron chi connectivity index (χ3n) is 3.84. The van der Waals surface area contributed by atoms with E-state index in [4.69, 9.17) is 4.74 Å². The zero-order valence-electron chi connectivity index (χ0n) is 10.6. The predicted molar refractivity (Wildman–Crippen MR) is 68.5 cm³/mol. The van der Waals surface area contributed by atoms with Crippen molar-refractivity contribution in [1.29, 1.82) is 0 Å². The van der Waals surface area contributed by atoms with Crippen LogP contribution in [0.15, 0.2) is 18.2 Å². The standard InChI is InChI=1S/C15H20O2/c1-11-9-12(7-8-15(11)17-2)14-6-4-3-5-13(14)10-16/h7-10,13-14H,3-6H2,1-2H3/t13-,14-/m1/s1. The third kappa shape index (κ3) is 2.51. The predicted octanol–water partition coefficient (Wildman–Crippen LogP) is 3.48. The summed E-state index contributed by atoms with van der Waals surface area (Å²) in [6.07, 6.45) is 5.74. The Hall–Kier alpha value is -1.31. The number of hydrogen-bond donors (Lipinski definition) is 0. The number of carbonyl (C=O) groups excluding carboxylic acids is 1. The van der Waals surface area contributed by atoms with Gasteiger partial charge in [0.1, 0.15) is 12.0 Å². The molecule has 0 N–H and O–H groups in total. The van der Waals surface area contributed by atoms with E-state index in [0.29, 0.717) is 5.92 Å². The molecule has 0 bridgehead atoms. The van der Waals surface area contributed by atoms with Gasteiger partial charge in [0, 0.05) is 5.92 Å². The summed E-state index contributed by atoms with van der Waals surface area (Å²) in [4.78, 5) is 11.1. The molecule has 2 heteroatoms. The third-order valence-corrected chi connectivity index (χ3v) is 3.84. The van der Waals surface area contributed by atoms with Crippen molar-refractivity contribution >= 4 is 6.29 Å². The van der Waals surface area contributed by atoms with Gasteiger partial charge in [-0.2, -0.15) is 0 Å². The molecule has 1 aliphatic rings. The minimum Gasteiger partial charge on any atom is -0.496 e. The minimum atomic E-state index is 0.205. The summed E-state index contributed by atoms with van der Waals surface area (Å²) in [6.45, 7) is 2.06. The molecule has 1 aromatic carbocycles. The first-order valence-electron chi connectivity index (χ1n) is 6.36. The molecule has 1 fully saturated rings. The number of carbonyl (C=O) groups is 1. The highest BCUT2D eigenvalue weighted by atomic mass is 16.5. The average Bonchev–Trinajstić information content (AvgIpc) is 2.38. The summed E-state index contributed by atoms with van der Waals surface area (Å²) in [6, 6.07) is 6.30. The van der Waals surface area contributed by atoms with Crippen molar-refractivity contribution in [3.63, 3.8) is 0 Å². The molecule has 0 unspecified atom stereocenters. The number of methoxy groups -OCH3 is 1. The van der Waals surface area contributed by atoms with Gasteiger partial charge in [0.15, 0.2) is 0 Å². The lowest BCUT2D eigenvalue weighted by atomic mass is 9.76. The Morgan fingerprint density at radius 1 is 1.29 bits per heavy atom. The van der Waals surface area contributed by atoms with Crippen LogP contribution in [0.4, 0.5) is 0 Å². The van der Waals surface area contributed by atoms with Gasteiger partial charge in [0.2, 0.25) is 0 Å². The van der Waals surface area contributed by atoms with Crippen LogP contribution in [0.5, 0.6) is 5.75 Å². The zero-order chi connectivity index (χ0) is 12.3. The van der Waals surface area contributed by atoms with Crippen LogP contribution in [0.1, 0.15) is 42.7 Å². The Kier molecular flexibility index (Phi) is 3.82. The van der Waals surface area contributed by atoms with E-state index in [1.165, 1.54) is 18.4 Å². The molecule has 0 spiro atoms. The maximum absolute atomic E-state index is 11.1. The summed E-state index contributed by atoms with van der Waals surface area (Å²) in [5, 5.41) is 0. The molecule has 0 aliphatic heterocycles. The largest absolute Gasteiger partial charge is 0.496 e. The summed E-state index contributed by atoms with van der Waals surface area (Å²) in [7, 11) is 1.69. The van der Waals surface area contributed by atoms with E-state index in [0.717, 1.165) is 30.4 Å². The van der Waals surface area contributed by atoms with Gasteiger partial charge in [-0.25, -0.2) is 0 Å². The van der Waals surface area contributed by atoms with E-state index >= 15 is 0 Å². The minimum absolute atomic E-state index is 0.205. The van der Waals surface area contributed by atoms with Crippen molar-refractivity contribution < 1.29 is 9.53 Å². The smallest absolute Gasteiger partial charge is 0.123 e. The van der Waals surface area contributed by atoms with Crippen LogP contribution < -0.4 is 4.74 Å². The zero-order valence-corrected chi connectivity index (χ0v) is 10.6. The van der Waals surface area contributed by atoms with Crippen LogP contribution in [0.25, 0.3) is 0 Å². The number of aldehydes is 1. The molecule has 2 nitrogen and oxygen atoms in total. The fourth-order valence-corrected chi connectivity index (χ4v) is 2.87. The molecular weight excluding hydrogens is 212 g/mol. The highest BCUT2D eigenvalue weighted by Crippen LogP contribution is 2.37. The normalized spacial score (nSPS) is 24.4. The van der Waals surface area contributed by atoms with E-state index in [2.05, 4.69) is 19.1 Å². The summed E-state index contributed by atoms with van der Waals surface area (Å²) in [5.74, 6) is 1.54. The molecule has 0 aromatic heterocycles. The molecule has 2 atom stereocenters. The van der Waals surface area contributed by atoms with Gasteiger partial charge in [-0.3, -0.25) is 0 Å². The molecular formula is C15H20O2. The van der Waals surface area contributed by atoms with Gasteiger partial charge >= 0.3 is 0 Å². The fraction of sp³-hybridized carbons (Fsp3) is 0.533. The van der Waals surface area contributed by atoms with Crippen molar-refractivity contribution in [2.75, 3.05) is 7.11 Å². The van der Waals surface area contributed by atoms with Crippen LogP contribution in [0.2, 0.25) is 0 Å². The highest BCUT2D eigenvalue weighted by Gasteiger charge is 2.26. The Morgan fingerprint density at radius 3 is 2.71 bits per heavy atom. The summed E-state index contributed by atoms with van der Waals surface area (Å²) in [5.41, 5.74) is 2.44. The topological polar surface area (TPSA) is 26.3 Å². The van der Waals surface area contributed by atoms with E-state index in [1.807, 2.05) is 6.07 Å². The van der Waals surface area contributed by atoms with Gasteiger partial charge < -0.3 is 9.53 Å². The number of rotatable bonds is 3. The Bertz CT molecular complexity index is 398. The maximum Gasteiger partial charge on any atom is 0.123 e. The number of hydrogen-bond acceptors (Lipinski definition) is 2. The van der Waals surface area contributed by atoms with Crippen LogP contribution in [0.3, 0.4) is 0 Å². The second-order valence-corrected chi connectivity index (χ2v) is 4.92. The quantitative estimate of drug-likeness (QED) is 0.746. The van der Waals surface area contributed by atoms with Crippen LogP contribution >= 0.6 is 0 Å². The number of aryl methyl sites for hydroxylation is 1. The fourth-order valence-electron chi connectivity index (χ4n) is 2.87.